The van der Waals surface area contributed by atoms with Gasteiger partial charge in [0.25, 0.3) is 0 Å². The summed E-state index contributed by atoms with van der Waals surface area (Å²) in [6.45, 7) is 7.19. The molecular formula is C26H30FN7O. The zero-order chi connectivity index (χ0) is 24.1. The number of aryl methyl sites for hydroxylation is 1. The zero-order valence-electron chi connectivity index (χ0n) is 20.3. The van der Waals surface area contributed by atoms with Crippen LogP contribution in [0.3, 0.4) is 0 Å². The number of nitrogens with zero attached hydrogens (tertiary/aromatic N) is 6. The van der Waals surface area contributed by atoms with Gasteiger partial charge in [0.15, 0.2) is 5.65 Å². The van der Waals surface area contributed by atoms with E-state index in [9.17, 15) is 4.39 Å². The Morgan fingerprint density at radius 2 is 1.77 bits per heavy atom. The van der Waals surface area contributed by atoms with Gasteiger partial charge in [-0.1, -0.05) is 12.1 Å². The monoisotopic (exact) mass is 475 g/mol. The Kier molecular flexibility index (Phi) is 5.51. The average Bonchev–Trinajstić information content (AvgIpc) is 3.44. The second kappa shape index (κ2) is 8.71. The average molecular weight is 476 g/mol. The molecule has 8 nitrogen and oxygen atoms in total. The molecule has 0 amide bonds. The summed E-state index contributed by atoms with van der Waals surface area (Å²) in [5, 5.41) is 8.59. The summed E-state index contributed by atoms with van der Waals surface area (Å²) in [6.07, 6.45) is 1.88. The first kappa shape index (κ1) is 22.2. The van der Waals surface area contributed by atoms with Gasteiger partial charge in [0.1, 0.15) is 29.2 Å². The van der Waals surface area contributed by atoms with Gasteiger partial charge >= 0.3 is 0 Å². The molecule has 2 aliphatic heterocycles. The number of anilines is 2. The van der Waals surface area contributed by atoms with Crippen LogP contribution in [-0.2, 0) is 4.74 Å². The fourth-order valence-electron chi connectivity index (χ4n) is 5.33. The molecule has 0 radical (unpaired) electrons. The first-order valence-electron chi connectivity index (χ1n) is 12.4. The van der Waals surface area contributed by atoms with Crippen molar-refractivity contribution in [1.29, 1.82) is 0 Å². The highest BCUT2D eigenvalue weighted by atomic mass is 19.1. The molecule has 0 saturated carbocycles. The third kappa shape index (κ3) is 4.29. The molecule has 0 bridgehead atoms. The van der Waals surface area contributed by atoms with Gasteiger partial charge in [0.05, 0.1) is 35.5 Å². The van der Waals surface area contributed by atoms with Crippen LogP contribution in [0.15, 0.2) is 36.4 Å². The fourth-order valence-corrected chi connectivity index (χ4v) is 5.33. The summed E-state index contributed by atoms with van der Waals surface area (Å²) in [7, 11) is 0. The van der Waals surface area contributed by atoms with Gasteiger partial charge in [-0.2, -0.15) is 9.61 Å². The van der Waals surface area contributed by atoms with E-state index in [1.54, 1.807) is 0 Å². The summed E-state index contributed by atoms with van der Waals surface area (Å²) in [5.41, 5.74) is 4.65. The number of nitrogens with one attached hydrogen (secondary N) is 1. The maximum Gasteiger partial charge on any atom is 0.160 e. The van der Waals surface area contributed by atoms with Crippen LogP contribution in [-0.4, -0.2) is 62.1 Å². The number of benzene rings is 1. The minimum absolute atomic E-state index is 0.183. The lowest BCUT2D eigenvalue weighted by atomic mass is 10.00. The molecule has 1 N–H and O–H groups in total. The quantitative estimate of drug-likeness (QED) is 0.463. The Bertz CT molecular complexity index is 1380. The topological polar surface area (TPSA) is 80.5 Å². The van der Waals surface area contributed by atoms with Crippen LogP contribution in [0.5, 0.6) is 0 Å². The number of rotatable bonds is 4. The highest BCUT2D eigenvalue weighted by Gasteiger charge is 2.27. The number of hydrogen-bond donors (Lipinski definition) is 1. The van der Waals surface area contributed by atoms with E-state index in [1.807, 2.05) is 52.7 Å². The van der Waals surface area contributed by atoms with E-state index >= 15 is 0 Å². The fraction of sp³-hybridized carbons (Fsp3) is 0.462. The summed E-state index contributed by atoms with van der Waals surface area (Å²) in [6, 6.07) is 12.0. The summed E-state index contributed by atoms with van der Waals surface area (Å²) >= 11 is 0. The third-order valence-electron chi connectivity index (χ3n) is 6.91. The highest BCUT2D eigenvalue weighted by Crippen LogP contribution is 2.30. The van der Waals surface area contributed by atoms with E-state index in [4.69, 9.17) is 24.8 Å². The lowest BCUT2D eigenvalue weighted by molar-refractivity contribution is -0.0338. The first-order valence-corrected chi connectivity index (χ1v) is 12.4. The minimum Gasteiger partial charge on any atom is -0.375 e. The standard InChI is InChI=1S/C26H30FN7O/c1-15-10-19(11-16(2)35-15)29-25-13-23(33-9-8-18(27)14-33)31-24-12-22(32-34(24)25)26-17(3)28-20-6-4-5-7-21(20)30-26/h4-7,12-13,15-16,18-19,29H,8-11,14H2,1-3H3/t15-,16+,18-,19?/m0/s1. The summed E-state index contributed by atoms with van der Waals surface area (Å²) in [4.78, 5) is 16.5. The molecule has 1 aromatic carbocycles. The number of para-hydroxylation sites is 2. The maximum atomic E-state index is 14.0. The molecule has 6 rings (SSSR count). The van der Waals surface area contributed by atoms with Gasteiger partial charge in [0, 0.05) is 24.7 Å². The van der Waals surface area contributed by atoms with Crippen LogP contribution in [0, 0.1) is 6.92 Å². The summed E-state index contributed by atoms with van der Waals surface area (Å²) < 4.78 is 21.8. The summed E-state index contributed by atoms with van der Waals surface area (Å²) in [5.74, 6) is 1.61. The van der Waals surface area contributed by atoms with Crippen molar-refractivity contribution in [3.8, 4) is 11.4 Å². The molecule has 9 heteroatoms. The molecule has 0 spiro atoms. The van der Waals surface area contributed by atoms with Gasteiger partial charge < -0.3 is 15.0 Å². The van der Waals surface area contributed by atoms with Gasteiger partial charge in [-0.25, -0.2) is 19.3 Å². The van der Waals surface area contributed by atoms with E-state index < -0.39 is 6.17 Å². The largest absolute Gasteiger partial charge is 0.375 e. The Morgan fingerprint density at radius 3 is 2.49 bits per heavy atom. The Morgan fingerprint density at radius 1 is 1.03 bits per heavy atom. The van der Waals surface area contributed by atoms with Crippen LogP contribution in [0.25, 0.3) is 28.1 Å². The van der Waals surface area contributed by atoms with Crippen molar-refractivity contribution < 1.29 is 9.13 Å². The van der Waals surface area contributed by atoms with Crippen molar-refractivity contribution in [2.24, 2.45) is 0 Å². The lowest BCUT2D eigenvalue weighted by Gasteiger charge is -2.33. The molecule has 35 heavy (non-hydrogen) atoms. The second-order valence-electron chi connectivity index (χ2n) is 9.85. The predicted octanol–water partition coefficient (Wildman–Crippen LogP) is 4.56. The molecular weight excluding hydrogens is 445 g/mol. The van der Waals surface area contributed by atoms with E-state index in [-0.39, 0.29) is 18.2 Å². The normalized spacial score (nSPS) is 25.0. The molecule has 2 saturated heterocycles. The van der Waals surface area contributed by atoms with Crippen LogP contribution in [0.1, 0.15) is 38.8 Å². The molecule has 2 fully saturated rings. The lowest BCUT2D eigenvalue weighted by Crippen LogP contribution is -2.37. The van der Waals surface area contributed by atoms with Crippen molar-refractivity contribution in [3.05, 3.63) is 42.1 Å². The molecule has 2 aliphatic rings. The highest BCUT2D eigenvalue weighted by molar-refractivity contribution is 5.78. The van der Waals surface area contributed by atoms with Gasteiger partial charge in [-0.05, 0) is 52.2 Å². The van der Waals surface area contributed by atoms with Crippen molar-refractivity contribution in [1.82, 2.24) is 24.6 Å². The van der Waals surface area contributed by atoms with E-state index in [2.05, 4.69) is 19.2 Å². The Balaban J connectivity index is 1.44. The van der Waals surface area contributed by atoms with E-state index in [1.165, 1.54) is 0 Å². The van der Waals surface area contributed by atoms with E-state index in [0.717, 1.165) is 46.9 Å². The number of fused-ring (bicyclic) bond motifs is 2. The number of halogens is 1. The van der Waals surface area contributed by atoms with Crippen LogP contribution < -0.4 is 10.2 Å². The van der Waals surface area contributed by atoms with Gasteiger partial charge in [0.2, 0.25) is 0 Å². The first-order chi connectivity index (χ1) is 16.9. The van der Waals surface area contributed by atoms with Crippen molar-refractivity contribution in [2.45, 2.75) is 64.5 Å². The second-order valence-corrected chi connectivity index (χ2v) is 9.85. The number of aromatic nitrogens is 5. The predicted molar refractivity (Wildman–Crippen MR) is 135 cm³/mol. The molecule has 0 aliphatic carbocycles. The Labute approximate surface area is 203 Å². The van der Waals surface area contributed by atoms with Crippen molar-refractivity contribution >= 4 is 28.3 Å². The van der Waals surface area contributed by atoms with Crippen LogP contribution >= 0.6 is 0 Å². The maximum absolute atomic E-state index is 14.0. The molecule has 3 aromatic heterocycles. The van der Waals surface area contributed by atoms with Crippen molar-refractivity contribution in [2.75, 3.05) is 23.3 Å². The molecule has 4 aromatic rings. The number of alkyl halides is 1. The third-order valence-corrected chi connectivity index (χ3v) is 6.91. The number of ether oxygens (including phenoxy) is 1. The number of hydrogen-bond acceptors (Lipinski definition) is 7. The van der Waals surface area contributed by atoms with Crippen LogP contribution in [0.4, 0.5) is 16.0 Å². The molecule has 1 unspecified atom stereocenters. The van der Waals surface area contributed by atoms with Crippen molar-refractivity contribution in [3.63, 3.8) is 0 Å². The molecule has 4 atom stereocenters. The van der Waals surface area contributed by atoms with E-state index in [0.29, 0.717) is 30.9 Å². The smallest absolute Gasteiger partial charge is 0.160 e. The van der Waals surface area contributed by atoms with Crippen LogP contribution in [0.2, 0.25) is 0 Å². The SMILES string of the molecule is Cc1nc2ccccc2nc1-c1cc2nc(N3CC[C@H](F)C3)cc(NC3C[C@@H](C)O[C@@H](C)C3)n2n1. The molecule has 182 valence electrons. The molecule has 5 heterocycles. The Hall–Kier alpha value is -3.33. The minimum atomic E-state index is -0.822. The van der Waals surface area contributed by atoms with Gasteiger partial charge in [-0.15, -0.1) is 0 Å². The zero-order valence-corrected chi connectivity index (χ0v) is 20.3. The van der Waals surface area contributed by atoms with Gasteiger partial charge in [-0.3, -0.25) is 0 Å².